The first-order valence-electron chi connectivity index (χ1n) is 9.60. The van der Waals surface area contributed by atoms with Crippen molar-refractivity contribution in [3.05, 3.63) is 56.9 Å². The van der Waals surface area contributed by atoms with E-state index in [-0.39, 0.29) is 17.6 Å². The zero-order chi connectivity index (χ0) is 21.8. The molecule has 0 saturated heterocycles. The number of aryl methyl sites for hydroxylation is 2. The molecule has 1 aromatic carbocycles. The molecule has 1 N–H and O–H groups in total. The lowest BCUT2D eigenvalue weighted by molar-refractivity contribution is -0.118. The number of fused-ring (bicyclic) bond motifs is 1. The summed E-state index contributed by atoms with van der Waals surface area (Å²) in [6.07, 6.45) is 2.11. The molecule has 2 heterocycles. The summed E-state index contributed by atoms with van der Waals surface area (Å²) in [6, 6.07) is 6.94. The third kappa shape index (κ3) is 4.05. The molecule has 0 radical (unpaired) electrons. The fourth-order valence-electron chi connectivity index (χ4n) is 3.10. The van der Waals surface area contributed by atoms with E-state index in [2.05, 4.69) is 10.3 Å². The highest BCUT2D eigenvalue weighted by molar-refractivity contribution is 6.01. The van der Waals surface area contributed by atoms with Gasteiger partial charge >= 0.3 is 5.69 Å². The topological polar surface area (TPSA) is 104 Å². The first kappa shape index (κ1) is 21.1. The number of aromatic nitrogens is 3. The molecule has 0 saturated carbocycles. The molecule has 3 aromatic rings. The van der Waals surface area contributed by atoms with Gasteiger partial charge in [-0.05, 0) is 43.2 Å². The number of hydrogen-bond acceptors (Lipinski definition) is 6. The van der Waals surface area contributed by atoms with Crippen LogP contribution in [-0.2, 0) is 25.3 Å². The van der Waals surface area contributed by atoms with E-state index in [0.29, 0.717) is 35.8 Å². The van der Waals surface area contributed by atoms with Gasteiger partial charge in [0.2, 0.25) is 0 Å². The summed E-state index contributed by atoms with van der Waals surface area (Å²) in [6.45, 7) is 4.11. The van der Waals surface area contributed by atoms with E-state index in [1.807, 2.05) is 13.8 Å². The first-order chi connectivity index (χ1) is 14.4. The van der Waals surface area contributed by atoms with Crippen LogP contribution >= 0.6 is 0 Å². The van der Waals surface area contributed by atoms with Gasteiger partial charge < -0.3 is 14.8 Å². The fourth-order valence-corrected chi connectivity index (χ4v) is 3.10. The molecule has 9 nitrogen and oxygen atoms in total. The van der Waals surface area contributed by atoms with Gasteiger partial charge in [0.1, 0.15) is 16.9 Å². The largest absolute Gasteiger partial charge is 0.494 e. The highest BCUT2D eigenvalue weighted by Gasteiger charge is 2.18. The molecule has 30 heavy (non-hydrogen) atoms. The Labute approximate surface area is 172 Å². The van der Waals surface area contributed by atoms with Crippen molar-refractivity contribution in [1.82, 2.24) is 14.1 Å². The minimum Gasteiger partial charge on any atom is -0.494 e. The third-order valence-electron chi connectivity index (χ3n) is 4.70. The van der Waals surface area contributed by atoms with Crippen molar-refractivity contribution in [2.24, 2.45) is 14.1 Å². The second-order valence-corrected chi connectivity index (χ2v) is 6.66. The number of pyridine rings is 1. The fraction of sp³-hybridized carbons (Fsp3) is 0.333. The zero-order valence-electron chi connectivity index (χ0n) is 17.4. The molecule has 0 unspecified atom stereocenters. The quantitative estimate of drug-likeness (QED) is 0.632. The molecule has 0 aliphatic rings. The first-order valence-corrected chi connectivity index (χ1v) is 9.60. The SMILES string of the molecule is CCOc1ccc(OCC(=O)Nc2c(CC)cnc3c2c(=O)n(C)c(=O)n3C)cc1. The smallest absolute Gasteiger partial charge is 0.332 e. The second-order valence-electron chi connectivity index (χ2n) is 6.66. The Morgan fingerprint density at radius 1 is 1.03 bits per heavy atom. The van der Waals surface area contributed by atoms with Crippen LogP contribution in [0.4, 0.5) is 5.69 Å². The highest BCUT2D eigenvalue weighted by Crippen LogP contribution is 2.23. The molecule has 0 aliphatic heterocycles. The van der Waals surface area contributed by atoms with E-state index in [1.165, 1.54) is 18.7 Å². The van der Waals surface area contributed by atoms with Crippen molar-refractivity contribution in [3.63, 3.8) is 0 Å². The lowest BCUT2D eigenvalue weighted by atomic mass is 10.1. The Balaban J connectivity index is 1.88. The van der Waals surface area contributed by atoms with Crippen molar-refractivity contribution < 1.29 is 14.3 Å². The number of nitrogens with one attached hydrogen (secondary N) is 1. The summed E-state index contributed by atoms with van der Waals surface area (Å²) in [5, 5.41) is 2.95. The van der Waals surface area contributed by atoms with Crippen molar-refractivity contribution in [3.8, 4) is 11.5 Å². The Kier molecular flexibility index (Phi) is 6.20. The maximum atomic E-state index is 12.8. The number of carbonyl (C=O) groups is 1. The predicted octanol–water partition coefficient (Wildman–Crippen LogP) is 1.61. The number of rotatable bonds is 7. The van der Waals surface area contributed by atoms with Gasteiger partial charge in [-0.15, -0.1) is 0 Å². The Hall–Kier alpha value is -3.62. The molecular weight excluding hydrogens is 388 g/mol. The maximum absolute atomic E-state index is 12.8. The van der Waals surface area contributed by atoms with E-state index in [9.17, 15) is 14.4 Å². The average molecular weight is 412 g/mol. The number of amides is 1. The Bertz CT molecular complexity index is 1200. The standard InChI is InChI=1S/C21H24N4O5/c1-5-13-11-22-19-17(20(27)25(4)21(28)24(19)3)18(13)23-16(26)12-30-15-9-7-14(8-10-15)29-6-2/h7-11H,5-6,12H2,1-4H3,(H,22,23,26). The van der Waals surface area contributed by atoms with Crippen LogP contribution in [-0.4, -0.2) is 33.2 Å². The number of nitrogens with zero attached hydrogens (tertiary/aromatic N) is 3. The lowest BCUT2D eigenvalue weighted by Crippen LogP contribution is -2.38. The van der Waals surface area contributed by atoms with E-state index in [1.54, 1.807) is 30.5 Å². The monoisotopic (exact) mass is 412 g/mol. The van der Waals surface area contributed by atoms with Gasteiger partial charge in [0.05, 0.1) is 12.3 Å². The average Bonchev–Trinajstić information content (AvgIpc) is 2.75. The van der Waals surface area contributed by atoms with Crippen LogP contribution in [0.15, 0.2) is 40.1 Å². The van der Waals surface area contributed by atoms with Gasteiger partial charge in [-0.3, -0.25) is 18.7 Å². The van der Waals surface area contributed by atoms with Crippen LogP contribution in [0.1, 0.15) is 19.4 Å². The predicted molar refractivity (Wildman–Crippen MR) is 113 cm³/mol. The van der Waals surface area contributed by atoms with Gasteiger partial charge in [-0.25, -0.2) is 9.78 Å². The number of benzene rings is 1. The summed E-state index contributed by atoms with van der Waals surface area (Å²) in [5.41, 5.74) is 0.244. The van der Waals surface area contributed by atoms with E-state index >= 15 is 0 Å². The third-order valence-corrected chi connectivity index (χ3v) is 4.70. The number of ether oxygens (including phenoxy) is 2. The van der Waals surface area contributed by atoms with Gasteiger partial charge in [0.15, 0.2) is 12.3 Å². The summed E-state index contributed by atoms with van der Waals surface area (Å²) in [5.74, 6) is 0.802. The number of carbonyl (C=O) groups excluding carboxylic acids is 1. The summed E-state index contributed by atoms with van der Waals surface area (Å²) < 4.78 is 13.2. The molecule has 0 bridgehead atoms. The van der Waals surface area contributed by atoms with Crippen molar-refractivity contribution >= 4 is 22.6 Å². The Morgan fingerprint density at radius 2 is 1.67 bits per heavy atom. The Morgan fingerprint density at radius 3 is 2.27 bits per heavy atom. The summed E-state index contributed by atoms with van der Waals surface area (Å²) in [7, 11) is 2.92. The minimum absolute atomic E-state index is 0.188. The maximum Gasteiger partial charge on any atom is 0.332 e. The zero-order valence-corrected chi connectivity index (χ0v) is 17.4. The summed E-state index contributed by atoms with van der Waals surface area (Å²) in [4.78, 5) is 41.7. The molecule has 1 amide bonds. The van der Waals surface area contributed by atoms with Crippen molar-refractivity contribution in [1.29, 1.82) is 0 Å². The lowest BCUT2D eigenvalue weighted by Gasteiger charge is -2.15. The van der Waals surface area contributed by atoms with Gasteiger partial charge in [0, 0.05) is 20.3 Å². The molecule has 0 atom stereocenters. The number of hydrogen-bond donors (Lipinski definition) is 1. The van der Waals surface area contributed by atoms with Gasteiger partial charge in [0.25, 0.3) is 11.5 Å². The highest BCUT2D eigenvalue weighted by atomic mass is 16.5. The molecule has 158 valence electrons. The van der Waals surface area contributed by atoms with Crippen LogP contribution in [0.5, 0.6) is 11.5 Å². The van der Waals surface area contributed by atoms with Crippen LogP contribution in [0.2, 0.25) is 0 Å². The van der Waals surface area contributed by atoms with Gasteiger partial charge in [-0.1, -0.05) is 6.92 Å². The molecule has 0 fully saturated rings. The molecule has 3 rings (SSSR count). The normalized spacial score (nSPS) is 10.8. The van der Waals surface area contributed by atoms with Crippen molar-refractivity contribution in [2.45, 2.75) is 20.3 Å². The van der Waals surface area contributed by atoms with Crippen LogP contribution in [0.3, 0.4) is 0 Å². The molecule has 9 heteroatoms. The minimum atomic E-state index is -0.515. The number of anilines is 1. The summed E-state index contributed by atoms with van der Waals surface area (Å²) >= 11 is 0. The van der Waals surface area contributed by atoms with Crippen molar-refractivity contribution in [2.75, 3.05) is 18.5 Å². The molecule has 0 spiro atoms. The van der Waals surface area contributed by atoms with Crippen LogP contribution in [0, 0.1) is 0 Å². The van der Waals surface area contributed by atoms with E-state index in [4.69, 9.17) is 9.47 Å². The van der Waals surface area contributed by atoms with Crippen LogP contribution < -0.4 is 26.0 Å². The van der Waals surface area contributed by atoms with Crippen LogP contribution in [0.25, 0.3) is 11.0 Å². The molecular formula is C21H24N4O5. The molecule has 0 aliphatic carbocycles. The molecule has 2 aromatic heterocycles. The van der Waals surface area contributed by atoms with Gasteiger partial charge in [-0.2, -0.15) is 0 Å². The van der Waals surface area contributed by atoms with E-state index in [0.717, 1.165) is 4.57 Å². The van der Waals surface area contributed by atoms with E-state index < -0.39 is 17.2 Å². The second kappa shape index (κ2) is 8.81.